The van der Waals surface area contributed by atoms with Crippen molar-refractivity contribution >= 4 is 44.5 Å². The standard InChI is InChI=1S/C35H26BrClN2O6/c1-3-41-31-14-20(8-13-28(31)42-18-21-6-4-5-7-27(21)37)32-25-12-10-23(16-30(25)45-34(39)26(32)17-38)43-35(40)33-19(2)24-11-9-22(36)15-29(24)44-33/h4-16,32H,3,18,39H2,1-2H3. The normalized spacial score (nSPS) is 14.0. The van der Waals surface area contributed by atoms with Crippen LogP contribution in [0.3, 0.4) is 0 Å². The first-order valence-electron chi connectivity index (χ1n) is 14.0. The van der Waals surface area contributed by atoms with Crippen LogP contribution in [-0.2, 0) is 6.61 Å². The van der Waals surface area contributed by atoms with Gasteiger partial charge in [-0.2, -0.15) is 5.26 Å². The highest BCUT2D eigenvalue weighted by Gasteiger charge is 2.32. The van der Waals surface area contributed by atoms with Gasteiger partial charge >= 0.3 is 5.97 Å². The second-order valence-electron chi connectivity index (χ2n) is 10.2. The number of allylic oxidation sites excluding steroid dienone is 1. The maximum Gasteiger partial charge on any atom is 0.379 e. The van der Waals surface area contributed by atoms with Crippen molar-refractivity contribution < 1.29 is 28.2 Å². The molecule has 1 aliphatic rings. The average molecular weight is 686 g/mol. The minimum atomic E-state index is -0.651. The molecule has 0 saturated heterocycles. The van der Waals surface area contributed by atoms with Crippen LogP contribution in [-0.4, -0.2) is 12.6 Å². The van der Waals surface area contributed by atoms with E-state index in [0.29, 0.717) is 45.6 Å². The molecule has 1 atom stereocenters. The highest BCUT2D eigenvalue weighted by Crippen LogP contribution is 2.45. The molecule has 0 aliphatic carbocycles. The number of nitriles is 1. The number of ether oxygens (including phenoxy) is 4. The van der Waals surface area contributed by atoms with Crippen molar-refractivity contribution in [2.24, 2.45) is 5.73 Å². The predicted octanol–water partition coefficient (Wildman–Crippen LogP) is 8.57. The maximum absolute atomic E-state index is 13.1. The van der Waals surface area contributed by atoms with E-state index in [2.05, 4.69) is 22.0 Å². The Hall–Kier alpha value is -4.91. The van der Waals surface area contributed by atoms with Crippen molar-refractivity contribution in [2.75, 3.05) is 6.61 Å². The summed E-state index contributed by atoms with van der Waals surface area (Å²) in [6.45, 7) is 4.33. The molecule has 45 heavy (non-hydrogen) atoms. The Balaban J connectivity index is 1.30. The summed E-state index contributed by atoms with van der Waals surface area (Å²) in [6, 6.07) is 25.6. The van der Waals surface area contributed by atoms with Crippen LogP contribution in [0.1, 0.15) is 45.7 Å². The first-order chi connectivity index (χ1) is 21.8. The van der Waals surface area contributed by atoms with Crippen molar-refractivity contribution in [1.29, 1.82) is 5.26 Å². The molecule has 0 saturated carbocycles. The van der Waals surface area contributed by atoms with Gasteiger partial charge in [0.2, 0.25) is 11.6 Å². The molecular formula is C35H26BrClN2O6. The Kier molecular flexibility index (Phi) is 8.44. The third-order valence-electron chi connectivity index (χ3n) is 7.43. The molecule has 2 heterocycles. The summed E-state index contributed by atoms with van der Waals surface area (Å²) < 4.78 is 30.2. The number of benzene rings is 4. The molecular weight excluding hydrogens is 660 g/mol. The van der Waals surface area contributed by atoms with Crippen LogP contribution in [0.15, 0.2) is 99.2 Å². The zero-order valence-electron chi connectivity index (χ0n) is 24.2. The lowest BCUT2D eigenvalue weighted by atomic mass is 9.83. The molecule has 0 amide bonds. The van der Waals surface area contributed by atoms with Crippen molar-refractivity contribution in [3.05, 3.63) is 128 Å². The van der Waals surface area contributed by atoms with Crippen LogP contribution >= 0.6 is 27.5 Å². The molecule has 226 valence electrons. The van der Waals surface area contributed by atoms with Gasteiger partial charge in [0, 0.05) is 37.6 Å². The minimum absolute atomic E-state index is 0.0470. The van der Waals surface area contributed by atoms with Gasteiger partial charge in [-0.05, 0) is 61.9 Å². The molecule has 4 aromatic carbocycles. The van der Waals surface area contributed by atoms with Gasteiger partial charge in [-0.1, -0.05) is 57.9 Å². The van der Waals surface area contributed by atoms with Crippen molar-refractivity contribution in [3.63, 3.8) is 0 Å². The zero-order valence-corrected chi connectivity index (χ0v) is 26.6. The van der Waals surface area contributed by atoms with Crippen LogP contribution in [0.2, 0.25) is 5.02 Å². The molecule has 0 bridgehead atoms. The number of furan rings is 1. The lowest BCUT2D eigenvalue weighted by Crippen LogP contribution is -2.21. The number of halogens is 2. The van der Waals surface area contributed by atoms with Gasteiger partial charge in [-0.3, -0.25) is 0 Å². The number of rotatable bonds is 8. The Morgan fingerprint density at radius 1 is 1.04 bits per heavy atom. The Morgan fingerprint density at radius 2 is 1.87 bits per heavy atom. The molecule has 0 spiro atoms. The third-order valence-corrected chi connectivity index (χ3v) is 8.29. The quantitative estimate of drug-likeness (QED) is 0.128. The lowest BCUT2D eigenvalue weighted by Gasteiger charge is -2.27. The number of hydrogen-bond donors (Lipinski definition) is 1. The summed E-state index contributed by atoms with van der Waals surface area (Å²) in [5.74, 6) is 0.441. The number of esters is 1. The van der Waals surface area contributed by atoms with Gasteiger partial charge in [0.1, 0.15) is 35.3 Å². The van der Waals surface area contributed by atoms with Gasteiger partial charge in [0.05, 0.1) is 12.5 Å². The summed E-state index contributed by atoms with van der Waals surface area (Å²) >= 11 is 9.73. The van der Waals surface area contributed by atoms with E-state index in [1.165, 1.54) is 0 Å². The number of carbonyl (C=O) groups excluding carboxylic acids is 1. The summed E-state index contributed by atoms with van der Waals surface area (Å²) in [7, 11) is 0. The molecule has 0 fully saturated rings. The van der Waals surface area contributed by atoms with Crippen LogP contribution in [0, 0.1) is 18.3 Å². The highest BCUT2D eigenvalue weighted by atomic mass is 79.9. The molecule has 5 aromatic rings. The second-order valence-corrected chi connectivity index (χ2v) is 11.6. The van der Waals surface area contributed by atoms with Gasteiger partial charge in [-0.25, -0.2) is 4.79 Å². The van der Waals surface area contributed by atoms with Crippen LogP contribution in [0.4, 0.5) is 0 Å². The first-order valence-corrected chi connectivity index (χ1v) is 15.2. The van der Waals surface area contributed by atoms with E-state index in [9.17, 15) is 10.1 Å². The first kappa shape index (κ1) is 30.1. The SMILES string of the molecule is CCOc1cc(C2C(C#N)=C(N)Oc3cc(OC(=O)c4oc5cc(Br)ccc5c4C)ccc32)ccc1OCc1ccccc1Cl. The van der Waals surface area contributed by atoms with E-state index in [4.69, 9.17) is 40.7 Å². The van der Waals surface area contributed by atoms with Crippen molar-refractivity contribution in [3.8, 4) is 29.1 Å². The number of carbonyl (C=O) groups is 1. The molecule has 2 N–H and O–H groups in total. The van der Waals surface area contributed by atoms with Crippen LogP contribution in [0.5, 0.6) is 23.0 Å². The van der Waals surface area contributed by atoms with Crippen molar-refractivity contribution in [1.82, 2.24) is 0 Å². The topological polar surface area (TPSA) is 117 Å². The molecule has 1 aromatic heterocycles. The number of aryl methyl sites for hydroxylation is 1. The largest absolute Gasteiger partial charge is 0.490 e. The zero-order chi connectivity index (χ0) is 31.7. The smallest absolute Gasteiger partial charge is 0.379 e. The Labute approximate surface area is 272 Å². The molecule has 0 radical (unpaired) electrons. The van der Waals surface area contributed by atoms with Crippen molar-refractivity contribution in [2.45, 2.75) is 26.4 Å². The summed E-state index contributed by atoms with van der Waals surface area (Å²) in [5.41, 5.74) is 9.96. The lowest BCUT2D eigenvalue weighted by molar-refractivity contribution is 0.0702. The van der Waals surface area contributed by atoms with Crippen LogP contribution < -0.4 is 24.7 Å². The fourth-order valence-electron chi connectivity index (χ4n) is 5.25. The summed E-state index contributed by atoms with van der Waals surface area (Å²) in [5, 5.41) is 11.5. The number of nitrogens with zero attached hydrogens (tertiary/aromatic N) is 1. The molecule has 1 aliphatic heterocycles. The fourth-order valence-corrected chi connectivity index (χ4v) is 5.78. The van der Waals surface area contributed by atoms with E-state index >= 15 is 0 Å². The van der Waals surface area contributed by atoms with E-state index in [1.807, 2.05) is 49.4 Å². The van der Waals surface area contributed by atoms with Gasteiger partial charge in [0.25, 0.3) is 0 Å². The minimum Gasteiger partial charge on any atom is -0.490 e. The van der Waals surface area contributed by atoms with E-state index in [0.717, 1.165) is 21.0 Å². The van der Waals surface area contributed by atoms with E-state index < -0.39 is 11.9 Å². The molecule has 8 nitrogen and oxygen atoms in total. The van der Waals surface area contributed by atoms with Gasteiger partial charge < -0.3 is 29.1 Å². The molecule has 6 rings (SSSR count). The predicted molar refractivity (Wildman–Crippen MR) is 173 cm³/mol. The summed E-state index contributed by atoms with van der Waals surface area (Å²) in [4.78, 5) is 13.1. The van der Waals surface area contributed by atoms with Crippen LogP contribution in [0.25, 0.3) is 11.0 Å². The van der Waals surface area contributed by atoms with Gasteiger partial charge in [-0.15, -0.1) is 0 Å². The monoisotopic (exact) mass is 684 g/mol. The Bertz CT molecular complexity index is 2030. The molecule has 10 heteroatoms. The van der Waals surface area contributed by atoms with E-state index in [1.54, 1.807) is 43.3 Å². The molecule has 1 unspecified atom stereocenters. The second kappa shape index (κ2) is 12.6. The fraction of sp³-hybridized carbons (Fsp3) is 0.143. The number of nitrogens with two attached hydrogens (primary N) is 1. The maximum atomic E-state index is 13.1. The number of fused-ring (bicyclic) bond motifs is 2. The highest BCUT2D eigenvalue weighted by molar-refractivity contribution is 9.10. The number of hydrogen-bond acceptors (Lipinski definition) is 8. The third kappa shape index (κ3) is 5.95. The van der Waals surface area contributed by atoms with Gasteiger partial charge in [0.15, 0.2) is 11.5 Å². The summed E-state index contributed by atoms with van der Waals surface area (Å²) in [6.07, 6.45) is 0. The van der Waals surface area contributed by atoms with E-state index in [-0.39, 0.29) is 29.6 Å². The Morgan fingerprint density at radius 3 is 2.64 bits per heavy atom. The average Bonchev–Trinajstić information content (AvgIpc) is 3.35.